The molecule has 3 nitrogen and oxygen atoms in total. The number of carbonyl (C=O) groups excluding carboxylic acids is 1. The lowest BCUT2D eigenvalue weighted by Gasteiger charge is -2.09. The predicted molar refractivity (Wildman–Crippen MR) is 82.6 cm³/mol. The highest BCUT2D eigenvalue weighted by Crippen LogP contribution is 2.17. The zero-order valence-electron chi connectivity index (χ0n) is 11.0. The monoisotopic (exact) mass is 285 g/mol. The summed E-state index contributed by atoms with van der Waals surface area (Å²) >= 11 is 6.33. The van der Waals surface area contributed by atoms with Crippen LogP contribution < -0.4 is 0 Å². The van der Waals surface area contributed by atoms with E-state index in [0.717, 1.165) is 10.1 Å². The fourth-order valence-electron chi connectivity index (χ4n) is 1.09. The third kappa shape index (κ3) is 5.51. The van der Waals surface area contributed by atoms with E-state index >= 15 is 0 Å². The van der Waals surface area contributed by atoms with Crippen LogP contribution in [0.1, 0.15) is 26.5 Å². The molecule has 0 spiro atoms. The molecule has 1 saturated heterocycles. The second kappa shape index (κ2) is 9.91. The molecule has 0 bridgehead atoms. The van der Waals surface area contributed by atoms with Crippen LogP contribution >= 0.6 is 24.0 Å². The number of carbonyl (C=O) groups is 1. The highest BCUT2D eigenvalue weighted by molar-refractivity contribution is 8.23. The molecule has 0 unspecified atom stereocenters. The molecule has 1 aromatic heterocycles. The van der Waals surface area contributed by atoms with Gasteiger partial charge in [-0.2, -0.15) is 0 Å². The summed E-state index contributed by atoms with van der Waals surface area (Å²) in [6, 6.07) is 3.68. The average Bonchev–Trinajstić information content (AvgIpc) is 3.03. The average molecular weight is 285 g/mol. The Balaban J connectivity index is 0.000000289. The SMILES string of the molecule is C=Cc1ccco1.CC.CCN1C(=O)CSC1=S. The molecule has 100 valence electrons. The lowest BCUT2D eigenvalue weighted by molar-refractivity contribution is -0.123. The maximum Gasteiger partial charge on any atom is 0.238 e. The van der Waals surface area contributed by atoms with Crippen molar-refractivity contribution in [1.29, 1.82) is 0 Å². The number of nitrogens with zero attached hydrogens (tertiary/aromatic N) is 1. The van der Waals surface area contributed by atoms with Gasteiger partial charge in [0.2, 0.25) is 5.91 Å². The molecule has 2 heterocycles. The van der Waals surface area contributed by atoms with Crippen LogP contribution in [0.4, 0.5) is 0 Å². The minimum absolute atomic E-state index is 0.146. The summed E-state index contributed by atoms with van der Waals surface area (Å²) < 4.78 is 5.59. The second-order valence-corrected chi connectivity index (χ2v) is 4.52. The Bertz CT molecular complexity index is 358. The lowest BCUT2D eigenvalue weighted by atomic mass is 10.5. The van der Waals surface area contributed by atoms with Crippen molar-refractivity contribution in [3.8, 4) is 0 Å². The van der Waals surface area contributed by atoms with Gasteiger partial charge in [-0.3, -0.25) is 9.69 Å². The number of hydrogen-bond donors (Lipinski definition) is 0. The molecule has 0 N–H and O–H groups in total. The van der Waals surface area contributed by atoms with Gasteiger partial charge in [-0.25, -0.2) is 0 Å². The first kappa shape index (κ1) is 16.9. The standard InChI is InChI=1S/C6H6O.C5H7NOS2.C2H6/c1-2-6-4-3-5-7-6;1-2-6-4(7)3-9-5(6)8;1-2/h2-5H,1H2;2-3H2,1H3;1-2H3. The van der Waals surface area contributed by atoms with Crippen molar-refractivity contribution in [3.05, 3.63) is 30.7 Å². The second-order valence-electron chi connectivity index (χ2n) is 2.91. The van der Waals surface area contributed by atoms with E-state index in [-0.39, 0.29) is 5.91 Å². The number of amides is 1. The van der Waals surface area contributed by atoms with Gasteiger partial charge in [-0.15, -0.1) is 0 Å². The smallest absolute Gasteiger partial charge is 0.238 e. The van der Waals surface area contributed by atoms with E-state index in [4.69, 9.17) is 16.6 Å². The van der Waals surface area contributed by atoms with Gasteiger partial charge in [0.15, 0.2) is 0 Å². The van der Waals surface area contributed by atoms with Crippen molar-refractivity contribution in [2.24, 2.45) is 0 Å². The molecule has 0 saturated carbocycles. The highest BCUT2D eigenvalue weighted by atomic mass is 32.2. The number of thioether (sulfide) groups is 1. The lowest BCUT2D eigenvalue weighted by Crippen LogP contribution is -2.27. The fraction of sp³-hybridized carbons (Fsp3) is 0.385. The first-order valence-corrected chi connectivity index (χ1v) is 7.21. The Labute approximate surface area is 118 Å². The summed E-state index contributed by atoms with van der Waals surface area (Å²) in [5, 5.41) is 0. The first-order chi connectivity index (χ1) is 8.69. The fourth-order valence-corrected chi connectivity index (χ4v) is 2.29. The summed E-state index contributed by atoms with van der Waals surface area (Å²) in [5.74, 6) is 1.50. The Morgan fingerprint density at radius 3 is 2.50 bits per heavy atom. The van der Waals surface area contributed by atoms with Crippen LogP contribution in [0.25, 0.3) is 6.08 Å². The molecule has 1 amide bonds. The molecule has 2 rings (SSSR count). The molecule has 0 radical (unpaired) electrons. The molecule has 1 aliphatic rings. The molecule has 1 aromatic rings. The Kier molecular flexibility index (Phi) is 9.32. The van der Waals surface area contributed by atoms with Crippen LogP contribution in [0.5, 0.6) is 0 Å². The van der Waals surface area contributed by atoms with Gasteiger partial charge in [0.25, 0.3) is 0 Å². The van der Waals surface area contributed by atoms with Gasteiger partial charge < -0.3 is 4.42 Å². The van der Waals surface area contributed by atoms with E-state index in [1.54, 1.807) is 17.2 Å². The third-order valence-electron chi connectivity index (χ3n) is 1.90. The Morgan fingerprint density at radius 1 is 1.61 bits per heavy atom. The molecular formula is C13H19NO2S2. The molecular weight excluding hydrogens is 266 g/mol. The van der Waals surface area contributed by atoms with Gasteiger partial charge >= 0.3 is 0 Å². The van der Waals surface area contributed by atoms with Gasteiger partial charge in [-0.05, 0) is 25.1 Å². The van der Waals surface area contributed by atoms with Crippen LogP contribution in [0.3, 0.4) is 0 Å². The molecule has 18 heavy (non-hydrogen) atoms. The molecule has 0 aromatic carbocycles. The minimum Gasteiger partial charge on any atom is -0.465 e. The molecule has 1 fully saturated rings. The summed E-state index contributed by atoms with van der Waals surface area (Å²) in [5.41, 5.74) is 0. The van der Waals surface area contributed by atoms with Gasteiger partial charge in [0, 0.05) is 6.54 Å². The van der Waals surface area contributed by atoms with Crippen LogP contribution in [0.15, 0.2) is 29.4 Å². The highest BCUT2D eigenvalue weighted by Gasteiger charge is 2.24. The number of rotatable bonds is 2. The number of furan rings is 1. The predicted octanol–water partition coefficient (Wildman–Crippen LogP) is 3.82. The van der Waals surface area contributed by atoms with E-state index in [0.29, 0.717) is 12.3 Å². The largest absolute Gasteiger partial charge is 0.465 e. The minimum atomic E-state index is 0.146. The van der Waals surface area contributed by atoms with Crippen molar-refractivity contribution in [2.45, 2.75) is 20.8 Å². The van der Waals surface area contributed by atoms with Crippen LogP contribution in [0, 0.1) is 0 Å². The Hall–Kier alpha value is -1.07. The maximum atomic E-state index is 10.8. The summed E-state index contributed by atoms with van der Waals surface area (Å²) in [4.78, 5) is 12.5. The normalized spacial score (nSPS) is 13.4. The van der Waals surface area contributed by atoms with Crippen molar-refractivity contribution >= 4 is 40.3 Å². The third-order valence-corrected chi connectivity index (χ3v) is 3.33. The molecule has 1 aliphatic heterocycles. The van der Waals surface area contributed by atoms with Crippen LogP contribution in [-0.4, -0.2) is 27.4 Å². The van der Waals surface area contributed by atoms with Gasteiger partial charge in [-0.1, -0.05) is 44.4 Å². The zero-order valence-corrected chi connectivity index (χ0v) is 12.6. The molecule has 0 atom stereocenters. The molecule has 0 aliphatic carbocycles. The van der Waals surface area contributed by atoms with Crippen molar-refractivity contribution in [2.75, 3.05) is 12.3 Å². The zero-order chi connectivity index (χ0) is 14.0. The van der Waals surface area contributed by atoms with E-state index in [9.17, 15) is 4.79 Å². The van der Waals surface area contributed by atoms with Gasteiger partial charge in [0.05, 0.1) is 12.0 Å². The Morgan fingerprint density at radius 2 is 2.28 bits per heavy atom. The van der Waals surface area contributed by atoms with Crippen molar-refractivity contribution in [3.63, 3.8) is 0 Å². The number of hydrogen-bond acceptors (Lipinski definition) is 4. The van der Waals surface area contributed by atoms with Crippen LogP contribution in [-0.2, 0) is 4.79 Å². The summed E-state index contributed by atoms with van der Waals surface area (Å²) in [6.07, 6.45) is 3.29. The van der Waals surface area contributed by atoms with Crippen molar-refractivity contribution < 1.29 is 9.21 Å². The van der Waals surface area contributed by atoms with Gasteiger partial charge in [0.1, 0.15) is 10.1 Å². The summed E-state index contributed by atoms with van der Waals surface area (Å²) in [6.45, 7) is 10.1. The van der Waals surface area contributed by atoms with Crippen LogP contribution in [0.2, 0.25) is 0 Å². The summed E-state index contributed by atoms with van der Waals surface area (Å²) in [7, 11) is 0. The first-order valence-electron chi connectivity index (χ1n) is 5.82. The van der Waals surface area contributed by atoms with E-state index in [2.05, 4.69) is 6.58 Å². The maximum absolute atomic E-state index is 10.8. The van der Waals surface area contributed by atoms with Crippen molar-refractivity contribution in [1.82, 2.24) is 4.90 Å². The van der Waals surface area contributed by atoms with E-state index < -0.39 is 0 Å². The molecule has 5 heteroatoms. The quantitative estimate of drug-likeness (QED) is 0.774. The number of thiocarbonyl (C=S) groups is 1. The topological polar surface area (TPSA) is 33.5 Å². The van der Waals surface area contributed by atoms with E-state index in [1.165, 1.54) is 11.8 Å². The van der Waals surface area contributed by atoms with E-state index in [1.807, 2.05) is 32.9 Å².